The average Bonchev–Trinajstić information content (AvgIpc) is 3.19. The van der Waals surface area contributed by atoms with Gasteiger partial charge in [-0.05, 0) is 71.2 Å². The van der Waals surface area contributed by atoms with Crippen molar-refractivity contribution in [2.75, 3.05) is 4.72 Å². The Morgan fingerprint density at radius 1 is 1.08 bits per heavy atom. The van der Waals surface area contributed by atoms with Crippen LogP contribution >= 0.6 is 11.3 Å². The molecule has 0 atom stereocenters. The fourth-order valence-electron chi connectivity index (χ4n) is 4.75. The molecular weight excluding hydrogens is 536 g/mol. The third-order valence-corrected chi connectivity index (χ3v) is 9.91. The van der Waals surface area contributed by atoms with E-state index in [-0.39, 0.29) is 33.7 Å². The Balaban J connectivity index is 1.43. The molecule has 0 bridgehead atoms. The van der Waals surface area contributed by atoms with Crippen LogP contribution in [-0.4, -0.2) is 39.9 Å². The Bertz CT molecular complexity index is 1750. The number of nitrogens with one attached hydrogen (secondary N) is 2. The van der Waals surface area contributed by atoms with Crippen molar-refractivity contribution >= 4 is 43.9 Å². The molecule has 39 heavy (non-hydrogen) atoms. The normalized spacial score (nSPS) is 17.3. The number of hydrogen-bond donors (Lipinski definition) is 2. The van der Waals surface area contributed by atoms with E-state index in [9.17, 15) is 18.0 Å². The summed E-state index contributed by atoms with van der Waals surface area (Å²) in [6.45, 7) is 9.00. The molecule has 0 saturated heterocycles. The first-order valence-electron chi connectivity index (χ1n) is 12.7. The van der Waals surface area contributed by atoms with E-state index in [1.165, 1.54) is 0 Å². The number of aryl methyl sites for hydroxylation is 3. The minimum Gasteiger partial charge on any atom is -0.354 e. The number of rotatable bonds is 7. The van der Waals surface area contributed by atoms with E-state index in [0.29, 0.717) is 57.0 Å². The van der Waals surface area contributed by atoms with Crippen molar-refractivity contribution in [2.24, 2.45) is 5.92 Å². The lowest BCUT2D eigenvalue weighted by atomic mass is 9.79. The zero-order chi connectivity index (χ0) is 28.1. The van der Waals surface area contributed by atoms with Crippen LogP contribution in [-0.2, 0) is 14.8 Å². The van der Waals surface area contributed by atoms with Gasteiger partial charge in [-0.15, -0.1) is 11.3 Å². The topological polar surface area (TPSA) is 136 Å². The second-order valence-electron chi connectivity index (χ2n) is 10.2. The minimum absolute atomic E-state index is 0.0178. The Morgan fingerprint density at radius 2 is 1.82 bits per heavy atom. The smallest absolute Gasteiger partial charge is 0.273 e. The van der Waals surface area contributed by atoms with Gasteiger partial charge in [-0.1, -0.05) is 6.07 Å². The highest BCUT2D eigenvalue weighted by Gasteiger charge is 2.36. The number of amides is 1. The van der Waals surface area contributed by atoms with Crippen molar-refractivity contribution < 1.29 is 13.2 Å². The quantitative estimate of drug-likeness (QED) is 0.343. The third-order valence-electron chi connectivity index (χ3n) is 6.86. The van der Waals surface area contributed by atoms with Crippen LogP contribution in [0.3, 0.4) is 0 Å². The number of carbonyl (C=O) groups excluding carboxylic acids is 1. The molecule has 0 radical (unpaired) electrons. The Kier molecular flexibility index (Phi) is 7.02. The first-order valence-corrected chi connectivity index (χ1v) is 15.0. The number of hydrogen-bond acceptors (Lipinski definition) is 8. The largest absolute Gasteiger partial charge is 0.354 e. The van der Waals surface area contributed by atoms with E-state index in [1.54, 1.807) is 56.1 Å². The van der Waals surface area contributed by atoms with Gasteiger partial charge in [0.05, 0.1) is 39.3 Å². The van der Waals surface area contributed by atoms with Crippen LogP contribution in [0.25, 0.3) is 22.0 Å². The van der Waals surface area contributed by atoms with Crippen molar-refractivity contribution in [3.63, 3.8) is 0 Å². The number of anilines is 1. The number of nitrogens with zero attached hydrogens (tertiary/aromatic N) is 4. The molecule has 12 heteroatoms. The van der Waals surface area contributed by atoms with Crippen LogP contribution in [0.1, 0.15) is 49.1 Å². The molecule has 204 valence electrons. The Morgan fingerprint density at radius 3 is 2.49 bits per heavy atom. The van der Waals surface area contributed by atoms with Crippen molar-refractivity contribution in [1.29, 1.82) is 0 Å². The van der Waals surface area contributed by atoms with Crippen molar-refractivity contribution in [3.8, 4) is 11.1 Å². The molecule has 1 aliphatic carbocycles. The monoisotopic (exact) mass is 566 g/mol. The second-order valence-corrected chi connectivity index (χ2v) is 13.3. The summed E-state index contributed by atoms with van der Waals surface area (Å²) in [5, 5.41) is 4.05. The highest BCUT2D eigenvalue weighted by molar-refractivity contribution is 7.94. The van der Waals surface area contributed by atoms with Gasteiger partial charge in [0.25, 0.3) is 15.6 Å². The molecule has 1 fully saturated rings. The predicted molar refractivity (Wildman–Crippen MR) is 151 cm³/mol. The number of fused-ring (bicyclic) bond motifs is 1. The second kappa shape index (κ2) is 10.2. The number of pyridine rings is 1. The van der Waals surface area contributed by atoms with E-state index in [2.05, 4.69) is 25.0 Å². The van der Waals surface area contributed by atoms with Gasteiger partial charge in [-0.3, -0.25) is 23.9 Å². The van der Waals surface area contributed by atoms with E-state index < -0.39 is 10.0 Å². The molecule has 0 spiro atoms. The van der Waals surface area contributed by atoms with Gasteiger partial charge >= 0.3 is 0 Å². The highest BCUT2D eigenvalue weighted by atomic mass is 32.2. The van der Waals surface area contributed by atoms with E-state index in [4.69, 9.17) is 0 Å². The van der Waals surface area contributed by atoms with E-state index >= 15 is 0 Å². The molecule has 2 N–H and O–H groups in total. The molecule has 5 rings (SSSR count). The summed E-state index contributed by atoms with van der Waals surface area (Å²) >= 11 is 1.12. The predicted octanol–water partition coefficient (Wildman–Crippen LogP) is 4.12. The first-order chi connectivity index (χ1) is 18.4. The maximum Gasteiger partial charge on any atom is 0.273 e. The molecule has 0 unspecified atom stereocenters. The number of thiazole rings is 1. The lowest BCUT2D eigenvalue weighted by molar-refractivity contribution is -0.129. The van der Waals surface area contributed by atoms with E-state index in [0.717, 1.165) is 11.3 Å². The molecule has 3 aromatic heterocycles. The van der Waals surface area contributed by atoms with Gasteiger partial charge < -0.3 is 5.32 Å². The van der Waals surface area contributed by atoms with E-state index in [1.807, 2.05) is 19.9 Å². The summed E-state index contributed by atoms with van der Waals surface area (Å²) in [4.78, 5) is 38.8. The summed E-state index contributed by atoms with van der Waals surface area (Å²) in [5.41, 5.74) is 3.07. The lowest BCUT2D eigenvalue weighted by Crippen LogP contribution is -2.44. The summed E-state index contributed by atoms with van der Waals surface area (Å²) in [5.74, 6) is -0.0888. The maximum absolute atomic E-state index is 13.4. The molecule has 1 saturated carbocycles. The fourth-order valence-corrected chi connectivity index (χ4v) is 7.35. The van der Waals surface area contributed by atoms with Crippen LogP contribution < -0.4 is 15.6 Å². The Labute approximate surface area is 230 Å². The summed E-state index contributed by atoms with van der Waals surface area (Å²) in [6, 6.07) is 7.06. The summed E-state index contributed by atoms with van der Waals surface area (Å²) < 4.78 is 30.6. The van der Waals surface area contributed by atoms with Gasteiger partial charge in [0.1, 0.15) is 0 Å². The first kappa shape index (κ1) is 26.9. The van der Waals surface area contributed by atoms with Crippen LogP contribution in [0.15, 0.2) is 45.8 Å². The molecule has 1 aromatic carbocycles. The molecule has 3 heterocycles. The van der Waals surface area contributed by atoms with Crippen molar-refractivity contribution in [2.45, 2.75) is 63.8 Å². The lowest BCUT2D eigenvalue weighted by Gasteiger charge is -2.35. The van der Waals surface area contributed by atoms with Gasteiger partial charge in [-0.2, -0.15) is 0 Å². The molecule has 4 aromatic rings. The number of carbonyl (C=O) groups is 1. The fraction of sp³-hybridized carbons (Fsp3) is 0.370. The van der Waals surface area contributed by atoms with Crippen molar-refractivity contribution in [3.05, 3.63) is 63.5 Å². The standard InChI is InChI=1S/C27H30N6O4S2/c1-14(2)30-25(34)19-8-21(9-19)33-13-29-23-7-6-18(10-22(23)26(33)35)20-11-24(15(3)28-12-20)32-39(36,37)27-16(4)31-17(5)38-27/h6-7,10-14,19,21,32H,8-9H2,1-5H3,(H,30,34)/t19-,21-. The summed E-state index contributed by atoms with van der Waals surface area (Å²) in [6.07, 6.45) is 4.38. The van der Waals surface area contributed by atoms with Crippen LogP contribution in [0, 0.1) is 26.7 Å². The zero-order valence-corrected chi connectivity index (χ0v) is 24.0. The van der Waals surface area contributed by atoms with Crippen LogP contribution in [0.4, 0.5) is 5.69 Å². The van der Waals surface area contributed by atoms with Gasteiger partial charge in [-0.25, -0.2) is 18.4 Å². The van der Waals surface area contributed by atoms with Gasteiger partial charge in [0.15, 0.2) is 4.21 Å². The molecule has 1 amide bonds. The maximum atomic E-state index is 13.4. The number of aromatic nitrogens is 4. The number of benzene rings is 1. The SMILES string of the molecule is Cc1nc(C)c(S(=O)(=O)Nc2cc(-c3ccc4ncn([C@H]5C[C@H](C(=O)NC(C)C)C5)c(=O)c4c3)cnc2C)s1. The Hall–Kier alpha value is -3.64. The van der Waals surface area contributed by atoms with Gasteiger partial charge in [0, 0.05) is 29.8 Å². The molecule has 1 aliphatic rings. The molecule has 10 nitrogen and oxygen atoms in total. The van der Waals surface area contributed by atoms with Crippen LogP contribution in [0.2, 0.25) is 0 Å². The summed E-state index contributed by atoms with van der Waals surface area (Å²) in [7, 11) is -3.84. The third kappa shape index (κ3) is 5.30. The molecular formula is C27H30N6O4S2. The van der Waals surface area contributed by atoms with Crippen LogP contribution in [0.5, 0.6) is 0 Å². The zero-order valence-electron chi connectivity index (χ0n) is 22.3. The van der Waals surface area contributed by atoms with Gasteiger partial charge in [0.2, 0.25) is 5.91 Å². The number of sulfonamides is 1. The minimum atomic E-state index is -3.84. The molecule has 0 aliphatic heterocycles. The average molecular weight is 567 g/mol. The highest BCUT2D eigenvalue weighted by Crippen LogP contribution is 2.37. The van der Waals surface area contributed by atoms with Crippen molar-refractivity contribution in [1.82, 2.24) is 24.8 Å².